The van der Waals surface area contributed by atoms with Gasteiger partial charge in [0.15, 0.2) is 11.6 Å². The number of non-ortho nitro benzene ring substituents is 1. The number of hydrogen-bond acceptors (Lipinski definition) is 6. The Hall–Kier alpha value is -3.61. The summed E-state index contributed by atoms with van der Waals surface area (Å²) in [7, 11) is 0. The molecular formula is C19H17N5O2. The quantitative estimate of drug-likeness (QED) is 0.424. The van der Waals surface area contributed by atoms with Crippen molar-refractivity contribution in [2.75, 3.05) is 5.43 Å². The van der Waals surface area contributed by atoms with Crippen molar-refractivity contribution in [2.45, 2.75) is 13.8 Å². The Labute approximate surface area is 150 Å². The van der Waals surface area contributed by atoms with Crippen molar-refractivity contribution in [2.24, 2.45) is 5.10 Å². The van der Waals surface area contributed by atoms with Crippen LogP contribution in [0, 0.1) is 17.0 Å². The van der Waals surface area contributed by atoms with Gasteiger partial charge in [-0.15, -0.1) is 0 Å². The summed E-state index contributed by atoms with van der Waals surface area (Å²) in [4.78, 5) is 19.2. The highest BCUT2D eigenvalue weighted by atomic mass is 16.6. The van der Waals surface area contributed by atoms with Gasteiger partial charge in [0.1, 0.15) is 0 Å². The summed E-state index contributed by atoms with van der Waals surface area (Å²) in [5.74, 6) is 1.20. The third kappa shape index (κ3) is 4.07. The molecule has 0 saturated heterocycles. The van der Waals surface area contributed by atoms with Gasteiger partial charge in [-0.3, -0.25) is 15.5 Å². The van der Waals surface area contributed by atoms with E-state index in [-0.39, 0.29) is 5.69 Å². The minimum absolute atomic E-state index is 0.0495. The Morgan fingerprint density at radius 1 is 1.08 bits per heavy atom. The molecule has 1 heterocycles. The van der Waals surface area contributed by atoms with Crippen LogP contribution in [0.3, 0.4) is 0 Å². The van der Waals surface area contributed by atoms with Gasteiger partial charge in [-0.05, 0) is 31.5 Å². The van der Waals surface area contributed by atoms with E-state index in [1.165, 1.54) is 12.1 Å². The SMILES string of the molecule is C/C(=N\Nc1cc(C)nc(-c2ccccc2)n1)c1ccc([N+](=O)[O-])cc1. The Morgan fingerprint density at radius 3 is 2.42 bits per heavy atom. The maximum Gasteiger partial charge on any atom is 0.269 e. The molecule has 2 aromatic carbocycles. The first-order valence-corrected chi connectivity index (χ1v) is 7.99. The molecule has 0 saturated carbocycles. The molecule has 0 aliphatic carbocycles. The lowest BCUT2D eigenvalue weighted by atomic mass is 10.1. The molecule has 0 unspecified atom stereocenters. The minimum atomic E-state index is -0.427. The molecule has 0 aliphatic heterocycles. The number of nitrogens with zero attached hydrogens (tertiary/aromatic N) is 4. The van der Waals surface area contributed by atoms with Gasteiger partial charge in [-0.1, -0.05) is 30.3 Å². The highest BCUT2D eigenvalue weighted by Gasteiger charge is 2.07. The van der Waals surface area contributed by atoms with E-state index in [4.69, 9.17) is 0 Å². The first kappa shape index (κ1) is 17.2. The predicted octanol–water partition coefficient (Wildman–Crippen LogP) is 4.20. The van der Waals surface area contributed by atoms with Gasteiger partial charge in [0.05, 0.1) is 10.6 Å². The van der Waals surface area contributed by atoms with Crippen LogP contribution in [0.25, 0.3) is 11.4 Å². The Kier molecular flexibility index (Phi) is 4.98. The summed E-state index contributed by atoms with van der Waals surface area (Å²) in [5, 5.41) is 15.0. The second-order valence-electron chi connectivity index (χ2n) is 5.70. The molecule has 3 aromatic rings. The number of hydrogen-bond donors (Lipinski definition) is 1. The summed E-state index contributed by atoms with van der Waals surface area (Å²) in [6, 6.07) is 17.8. The second kappa shape index (κ2) is 7.52. The number of nitro groups is 1. The van der Waals surface area contributed by atoms with Crippen LogP contribution in [0.2, 0.25) is 0 Å². The number of benzene rings is 2. The van der Waals surface area contributed by atoms with Crippen molar-refractivity contribution in [3.05, 3.63) is 82.0 Å². The maximum atomic E-state index is 10.7. The Balaban J connectivity index is 1.81. The third-order valence-electron chi connectivity index (χ3n) is 3.72. The molecule has 1 aromatic heterocycles. The van der Waals surface area contributed by atoms with Crippen molar-refractivity contribution in [1.29, 1.82) is 0 Å². The molecule has 3 rings (SSSR count). The lowest BCUT2D eigenvalue weighted by Crippen LogP contribution is -2.03. The summed E-state index contributed by atoms with van der Waals surface area (Å²) in [6.45, 7) is 3.71. The molecule has 0 bridgehead atoms. The monoisotopic (exact) mass is 347 g/mol. The van der Waals surface area contributed by atoms with Crippen molar-refractivity contribution in [1.82, 2.24) is 9.97 Å². The Bertz CT molecular complexity index is 953. The number of hydrazone groups is 1. The molecule has 7 heteroatoms. The highest BCUT2D eigenvalue weighted by Crippen LogP contribution is 2.18. The Morgan fingerprint density at radius 2 is 1.77 bits per heavy atom. The molecule has 0 fully saturated rings. The smallest absolute Gasteiger partial charge is 0.261 e. The van der Waals surface area contributed by atoms with Crippen LogP contribution < -0.4 is 5.43 Å². The van der Waals surface area contributed by atoms with E-state index in [0.29, 0.717) is 17.4 Å². The summed E-state index contributed by atoms with van der Waals surface area (Å²) < 4.78 is 0. The number of aromatic nitrogens is 2. The van der Waals surface area contributed by atoms with Crippen LogP contribution in [0.5, 0.6) is 0 Å². The summed E-state index contributed by atoms with van der Waals surface area (Å²) in [5.41, 5.74) is 6.21. The topological polar surface area (TPSA) is 93.3 Å². The molecule has 1 N–H and O–H groups in total. The standard InChI is InChI=1S/C19H17N5O2/c1-13-12-18(21-19(20-13)16-6-4-3-5-7-16)23-22-14(2)15-8-10-17(11-9-15)24(25)26/h3-12H,1-2H3,(H,20,21,23)/b22-14+. The van der Waals surface area contributed by atoms with Gasteiger partial charge >= 0.3 is 0 Å². The van der Waals surface area contributed by atoms with E-state index < -0.39 is 4.92 Å². The average Bonchev–Trinajstić information content (AvgIpc) is 2.66. The molecule has 0 radical (unpaired) electrons. The molecule has 130 valence electrons. The van der Waals surface area contributed by atoms with Crippen LogP contribution in [-0.2, 0) is 0 Å². The number of nitrogens with one attached hydrogen (secondary N) is 1. The fraction of sp³-hybridized carbons (Fsp3) is 0.105. The van der Waals surface area contributed by atoms with Gasteiger partial charge in [0.25, 0.3) is 5.69 Å². The van der Waals surface area contributed by atoms with Gasteiger partial charge in [-0.2, -0.15) is 5.10 Å². The number of anilines is 1. The van der Waals surface area contributed by atoms with E-state index in [1.807, 2.05) is 44.2 Å². The number of rotatable bonds is 5. The zero-order valence-electron chi connectivity index (χ0n) is 14.4. The molecular weight excluding hydrogens is 330 g/mol. The van der Waals surface area contributed by atoms with E-state index in [9.17, 15) is 10.1 Å². The van der Waals surface area contributed by atoms with Crippen LogP contribution in [-0.4, -0.2) is 20.6 Å². The fourth-order valence-corrected chi connectivity index (χ4v) is 2.37. The average molecular weight is 347 g/mol. The van der Waals surface area contributed by atoms with Gasteiger partial charge in [-0.25, -0.2) is 9.97 Å². The van der Waals surface area contributed by atoms with Crippen LogP contribution in [0.1, 0.15) is 18.2 Å². The zero-order chi connectivity index (χ0) is 18.5. The van der Waals surface area contributed by atoms with Crippen LogP contribution in [0.15, 0.2) is 65.8 Å². The molecule has 0 atom stereocenters. The van der Waals surface area contributed by atoms with Gasteiger partial charge in [0, 0.05) is 29.5 Å². The predicted molar refractivity (Wildman–Crippen MR) is 101 cm³/mol. The number of aryl methyl sites for hydroxylation is 1. The number of nitro benzene ring substituents is 1. The molecule has 0 aliphatic rings. The van der Waals surface area contributed by atoms with E-state index >= 15 is 0 Å². The van der Waals surface area contributed by atoms with Crippen molar-refractivity contribution in [3.8, 4) is 11.4 Å². The van der Waals surface area contributed by atoms with Gasteiger partial charge in [0.2, 0.25) is 0 Å². The zero-order valence-corrected chi connectivity index (χ0v) is 14.4. The highest BCUT2D eigenvalue weighted by molar-refractivity contribution is 5.99. The van der Waals surface area contributed by atoms with E-state index in [2.05, 4.69) is 20.5 Å². The van der Waals surface area contributed by atoms with E-state index in [0.717, 1.165) is 16.8 Å². The first-order chi connectivity index (χ1) is 12.5. The van der Waals surface area contributed by atoms with Crippen molar-refractivity contribution in [3.63, 3.8) is 0 Å². The normalized spacial score (nSPS) is 11.2. The summed E-state index contributed by atoms with van der Waals surface area (Å²) in [6.07, 6.45) is 0. The lowest BCUT2D eigenvalue weighted by Gasteiger charge is -2.07. The van der Waals surface area contributed by atoms with Gasteiger partial charge < -0.3 is 0 Å². The van der Waals surface area contributed by atoms with Crippen LogP contribution in [0.4, 0.5) is 11.5 Å². The lowest BCUT2D eigenvalue weighted by molar-refractivity contribution is -0.384. The van der Waals surface area contributed by atoms with Crippen LogP contribution >= 0.6 is 0 Å². The minimum Gasteiger partial charge on any atom is -0.261 e. The second-order valence-corrected chi connectivity index (χ2v) is 5.70. The largest absolute Gasteiger partial charge is 0.269 e. The van der Waals surface area contributed by atoms with Crippen molar-refractivity contribution >= 4 is 17.2 Å². The molecule has 26 heavy (non-hydrogen) atoms. The summed E-state index contributed by atoms with van der Waals surface area (Å²) >= 11 is 0. The molecule has 0 spiro atoms. The first-order valence-electron chi connectivity index (χ1n) is 7.99. The van der Waals surface area contributed by atoms with Crippen molar-refractivity contribution < 1.29 is 4.92 Å². The third-order valence-corrected chi connectivity index (χ3v) is 3.72. The molecule has 7 nitrogen and oxygen atoms in total. The van der Waals surface area contributed by atoms with E-state index in [1.54, 1.807) is 18.2 Å². The maximum absolute atomic E-state index is 10.7. The molecule has 0 amide bonds. The fourth-order valence-electron chi connectivity index (χ4n) is 2.37.